The topological polar surface area (TPSA) is 144 Å². The number of nitrogens with one attached hydrogen (secondary N) is 1. The van der Waals surface area contributed by atoms with Gasteiger partial charge in [0.15, 0.2) is 0 Å². The van der Waals surface area contributed by atoms with Gasteiger partial charge in [-0.15, -0.1) is 11.3 Å². The van der Waals surface area contributed by atoms with E-state index in [4.69, 9.17) is 9.72 Å². The Hall–Kier alpha value is -3.38. The Kier molecular flexibility index (Phi) is 6.39. The molecule has 0 radical (unpaired) electrons. The summed E-state index contributed by atoms with van der Waals surface area (Å²) in [5.41, 5.74) is 2.40. The Morgan fingerprint density at radius 3 is 2.79 bits per heavy atom. The molecule has 0 bridgehead atoms. The van der Waals surface area contributed by atoms with Gasteiger partial charge in [-0.1, -0.05) is 0 Å². The SMILES string of the molecule is CCS(=O)(=O)N1CC(CC#N)(n2cc(-c3nc(Nc4cnn(C5CCOCC5)c4)nc4ccsc34)cn2)C1. The second-order valence-electron chi connectivity index (χ2n) is 9.61. The average Bonchev–Trinajstić information content (AvgIpc) is 3.67. The number of anilines is 2. The molecule has 198 valence electrons. The van der Waals surface area contributed by atoms with Gasteiger partial charge in [0.1, 0.15) is 5.54 Å². The molecule has 2 aliphatic rings. The second-order valence-corrected chi connectivity index (χ2v) is 12.8. The standard InChI is InChI=1S/C24H27N9O3S2/c1-2-38(34,35)31-15-24(16-31,6-7-25)33-13-17(11-27-33)21-22-20(5-10-37-22)29-23(30-21)28-18-12-26-32(14-18)19-3-8-36-9-4-19/h5,10-14,19H,2-4,6,8-9,15-16H2,1H3,(H,28,29,30). The highest BCUT2D eigenvalue weighted by Gasteiger charge is 2.49. The van der Waals surface area contributed by atoms with Gasteiger partial charge in [0.25, 0.3) is 0 Å². The summed E-state index contributed by atoms with van der Waals surface area (Å²) in [6, 6.07) is 4.47. The maximum atomic E-state index is 12.3. The quantitative estimate of drug-likeness (QED) is 0.348. The van der Waals surface area contributed by atoms with Gasteiger partial charge in [-0.2, -0.15) is 19.8 Å². The van der Waals surface area contributed by atoms with Crippen molar-refractivity contribution in [3.63, 3.8) is 0 Å². The minimum Gasteiger partial charge on any atom is -0.381 e. The van der Waals surface area contributed by atoms with E-state index in [0.717, 1.165) is 53.2 Å². The Balaban J connectivity index is 1.28. The number of rotatable bonds is 8. The average molecular weight is 554 g/mol. The van der Waals surface area contributed by atoms with Crippen LogP contribution in [-0.4, -0.2) is 74.3 Å². The van der Waals surface area contributed by atoms with E-state index in [1.807, 2.05) is 28.5 Å². The van der Waals surface area contributed by atoms with Crippen LogP contribution in [0.2, 0.25) is 0 Å². The lowest BCUT2D eigenvalue weighted by atomic mass is 9.89. The first-order valence-corrected chi connectivity index (χ1v) is 14.9. The van der Waals surface area contributed by atoms with Crippen LogP contribution in [0.1, 0.15) is 32.2 Å². The smallest absolute Gasteiger partial charge is 0.228 e. The molecule has 2 aliphatic heterocycles. The predicted molar refractivity (Wildman–Crippen MR) is 142 cm³/mol. The Labute approximate surface area is 223 Å². The fourth-order valence-corrected chi connectivity index (χ4v) is 7.06. The minimum absolute atomic E-state index is 0.0288. The normalized spacial score (nSPS) is 18.3. The largest absolute Gasteiger partial charge is 0.381 e. The molecule has 6 rings (SSSR count). The molecule has 4 aromatic rings. The van der Waals surface area contributed by atoms with Gasteiger partial charge < -0.3 is 10.1 Å². The van der Waals surface area contributed by atoms with Gasteiger partial charge in [-0.25, -0.2) is 18.4 Å². The lowest BCUT2D eigenvalue weighted by molar-refractivity contribution is 0.0662. The van der Waals surface area contributed by atoms with Crippen molar-refractivity contribution < 1.29 is 13.2 Å². The maximum absolute atomic E-state index is 12.3. The van der Waals surface area contributed by atoms with Crippen molar-refractivity contribution >= 4 is 43.2 Å². The van der Waals surface area contributed by atoms with E-state index in [1.165, 1.54) is 4.31 Å². The third kappa shape index (κ3) is 4.45. The number of nitriles is 1. The summed E-state index contributed by atoms with van der Waals surface area (Å²) in [6.45, 7) is 3.54. The van der Waals surface area contributed by atoms with Crippen molar-refractivity contribution in [3.8, 4) is 17.3 Å². The van der Waals surface area contributed by atoms with Crippen LogP contribution in [-0.2, 0) is 20.3 Å². The van der Waals surface area contributed by atoms with Gasteiger partial charge in [0.05, 0.1) is 58.3 Å². The van der Waals surface area contributed by atoms with Crippen LogP contribution >= 0.6 is 11.3 Å². The van der Waals surface area contributed by atoms with Crippen LogP contribution in [0.4, 0.5) is 11.6 Å². The van der Waals surface area contributed by atoms with E-state index in [1.54, 1.807) is 35.3 Å². The Bertz CT molecular complexity index is 1610. The zero-order valence-corrected chi connectivity index (χ0v) is 22.5. The number of sulfonamides is 1. The van der Waals surface area contributed by atoms with E-state index >= 15 is 0 Å². The van der Waals surface area contributed by atoms with E-state index in [9.17, 15) is 13.7 Å². The molecule has 2 saturated heterocycles. The van der Waals surface area contributed by atoms with E-state index in [-0.39, 0.29) is 25.3 Å². The lowest BCUT2D eigenvalue weighted by Gasteiger charge is -2.47. The van der Waals surface area contributed by atoms with Crippen LogP contribution < -0.4 is 5.32 Å². The molecule has 4 aromatic heterocycles. The van der Waals surface area contributed by atoms with Crippen LogP contribution in [0.15, 0.2) is 36.2 Å². The summed E-state index contributed by atoms with van der Waals surface area (Å²) in [4.78, 5) is 9.50. The zero-order valence-electron chi connectivity index (χ0n) is 20.8. The summed E-state index contributed by atoms with van der Waals surface area (Å²) < 4.78 is 36.1. The first-order chi connectivity index (χ1) is 18.4. The highest BCUT2D eigenvalue weighted by molar-refractivity contribution is 7.89. The second kappa shape index (κ2) is 9.73. The van der Waals surface area contributed by atoms with Gasteiger partial charge in [0, 0.05) is 44.3 Å². The van der Waals surface area contributed by atoms with Gasteiger partial charge in [0.2, 0.25) is 16.0 Å². The van der Waals surface area contributed by atoms with Crippen LogP contribution in [0, 0.1) is 11.3 Å². The Morgan fingerprint density at radius 1 is 1.21 bits per heavy atom. The molecule has 0 aromatic carbocycles. The molecule has 38 heavy (non-hydrogen) atoms. The highest BCUT2D eigenvalue weighted by atomic mass is 32.2. The van der Waals surface area contributed by atoms with Crippen molar-refractivity contribution in [2.75, 3.05) is 37.4 Å². The summed E-state index contributed by atoms with van der Waals surface area (Å²) >= 11 is 1.54. The molecular formula is C24H27N9O3S2. The fourth-order valence-electron chi connectivity index (χ4n) is 4.97. The maximum Gasteiger partial charge on any atom is 0.228 e. The number of thiophene rings is 1. The van der Waals surface area contributed by atoms with Crippen LogP contribution in [0.3, 0.4) is 0 Å². The van der Waals surface area contributed by atoms with Crippen molar-refractivity contribution in [2.24, 2.45) is 0 Å². The van der Waals surface area contributed by atoms with Crippen LogP contribution in [0.5, 0.6) is 0 Å². The monoisotopic (exact) mass is 553 g/mol. The molecule has 12 nitrogen and oxygen atoms in total. The van der Waals surface area contributed by atoms with Crippen molar-refractivity contribution in [1.82, 2.24) is 33.8 Å². The molecule has 6 heterocycles. The van der Waals surface area contributed by atoms with E-state index in [0.29, 0.717) is 12.0 Å². The lowest BCUT2D eigenvalue weighted by Crippen LogP contribution is -2.64. The molecular weight excluding hydrogens is 526 g/mol. The molecule has 0 saturated carbocycles. The molecule has 0 unspecified atom stereocenters. The molecule has 0 atom stereocenters. The summed E-state index contributed by atoms with van der Waals surface area (Å²) in [5.74, 6) is 0.474. The molecule has 0 aliphatic carbocycles. The van der Waals surface area contributed by atoms with E-state index < -0.39 is 15.6 Å². The minimum atomic E-state index is -3.32. The summed E-state index contributed by atoms with van der Waals surface area (Å²) in [7, 11) is -3.32. The first-order valence-electron chi connectivity index (χ1n) is 12.5. The zero-order chi connectivity index (χ0) is 26.3. The Morgan fingerprint density at radius 2 is 2.03 bits per heavy atom. The first kappa shape index (κ1) is 24.9. The molecule has 0 spiro atoms. The highest BCUT2D eigenvalue weighted by Crippen LogP contribution is 2.37. The number of hydrogen-bond acceptors (Lipinski definition) is 10. The number of hydrogen-bond donors (Lipinski definition) is 1. The van der Waals surface area contributed by atoms with Crippen molar-refractivity contribution in [2.45, 2.75) is 37.8 Å². The van der Waals surface area contributed by atoms with Crippen molar-refractivity contribution in [3.05, 3.63) is 36.2 Å². The van der Waals surface area contributed by atoms with Gasteiger partial charge >= 0.3 is 0 Å². The van der Waals surface area contributed by atoms with Crippen molar-refractivity contribution in [1.29, 1.82) is 5.26 Å². The summed E-state index contributed by atoms with van der Waals surface area (Å²) in [5, 5.41) is 23.8. The number of aromatic nitrogens is 6. The van der Waals surface area contributed by atoms with E-state index in [2.05, 4.69) is 26.6 Å². The fraction of sp³-hybridized carbons (Fsp3) is 0.458. The number of ether oxygens (including phenoxy) is 1. The summed E-state index contributed by atoms with van der Waals surface area (Å²) in [6.07, 6.45) is 9.32. The molecule has 0 amide bonds. The number of nitrogens with zero attached hydrogens (tertiary/aromatic N) is 8. The number of fused-ring (bicyclic) bond motifs is 1. The third-order valence-electron chi connectivity index (χ3n) is 7.18. The predicted octanol–water partition coefficient (Wildman–Crippen LogP) is 3.12. The third-order valence-corrected chi connectivity index (χ3v) is 9.86. The van der Waals surface area contributed by atoms with Gasteiger partial charge in [-0.3, -0.25) is 9.36 Å². The molecule has 1 N–H and O–H groups in total. The molecule has 2 fully saturated rings. The van der Waals surface area contributed by atoms with Gasteiger partial charge in [-0.05, 0) is 31.2 Å². The molecule has 14 heteroatoms. The van der Waals surface area contributed by atoms with Crippen LogP contribution in [0.25, 0.3) is 21.5 Å².